The number of aromatic nitrogens is 1. The number of benzene rings is 1. The highest BCUT2D eigenvalue weighted by Crippen LogP contribution is 2.19. The number of carbonyl (C=O) groups is 1. The fraction of sp³-hybridized carbons (Fsp3) is 0.0769. The molecule has 0 unspecified atom stereocenters. The number of pyridine rings is 1. The van der Waals surface area contributed by atoms with Gasteiger partial charge in [-0.05, 0) is 24.6 Å². The molecular formula is C13H10F2N2O2. The van der Waals surface area contributed by atoms with Crippen molar-refractivity contribution in [2.24, 2.45) is 0 Å². The maximum atomic E-state index is 13.5. The van der Waals surface area contributed by atoms with Crippen molar-refractivity contribution in [2.45, 2.75) is 6.92 Å². The van der Waals surface area contributed by atoms with Gasteiger partial charge in [0.15, 0.2) is 0 Å². The average Bonchev–Trinajstić information content (AvgIpc) is 2.36. The molecule has 0 aliphatic rings. The van der Waals surface area contributed by atoms with Gasteiger partial charge in [-0.15, -0.1) is 0 Å². The molecule has 0 radical (unpaired) electrons. The quantitative estimate of drug-likeness (QED) is 0.873. The molecule has 2 aromatic rings. The molecule has 0 aliphatic heterocycles. The minimum Gasteiger partial charge on any atom is -0.329 e. The standard InChI is InChI=1S/C13H10F2N2O2/c1-7-4-10(15)11(6-9(7)14)17-13(19)8-2-3-16-12(18)5-8/h2-6H,1H3,(H,16,18)(H,17,19). The lowest BCUT2D eigenvalue weighted by Gasteiger charge is -2.07. The van der Waals surface area contributed by atoms with Crippen LogP contribution in [0.25, 0.3) is 0 Å². The van der Waals surface area contributed by atoms with Gasteiger partial charge in [0.05, 0.1) is 5.69 Å². The third-order valence-electron chi connectivity index (χ3n) is 2.53. The lowest BCUT2D eigenvalue weighted by atomic mass is 10.2. The fourth-order valence-electron chi connectivity index (χ4n) is 1.52. The lowest BCUT2D eigenvalue weighted by Crippen LogP contribution is -2.16. The molecule has 1 aromatic carbocycles. The molecule has 0 bridgehead atoms. The SMILES string of the molecule is Cc1cc(F)c(NC(=O)c2cc[nH]c(=O)c2)cc1F. The predicted octanol–water partition coefficient (Wildman–Crippen LogP) is 2.21. The zero-order valence-corrected chi connectivity index (χ0v) is 9.96. The summed E-state index contributed by atoms with van der Waals surface area (Å²) < 4.78 is 26.8. The summed E-state index contributed by atoms with van der Waals surface area (Å²) in [6.45, 7) is 1.42. The van der Waals surface area contributed by atoms with Gasteiger partial charge in [-0.1, -0.05) is 0 Å². The summed E-state index contributed by atoms with van der Waals surface area (Å²) in [7, 11) is 0. The van der Waals surface area contributed by atoms with E-state index in [4.69, 9.17) is 0 Å². The number of nitrogens with one attached hydrogen (secondary N) is 2. The smallest absolute Gasteiger partial charge is 0.255 e. The van der Waals surface area contributed by atoms with E-state index in [2.05, 4.69) is 10.3 Å². The van der Waals surface area contributed by atoms with Crippen molar-refractivity contribution in [3.8, 4) is 0 Å². The first-order valence-electron chi connectivity index (χ1n) is 5.43. The Morgan fingerprint density at radius 3 is 2.63 bits per heavy atom. The number of amides is 1. The molecule has 1 amide bonds. The Morgan fingerprint density at radius 1 is 1.21 bits per heavy atom. The van der Waals surface area contributed by atoms with Crippen LogP contribution < -0.4 is 10.9 Å². The highest BCUT2D eigenvalue weighted by molar-refractivity contribution is 6.04. The minimum atomic E-state index is -0.739. The number of rotatable bonds is 2. The second-order valence-corrected chi connectivity index (χ2v) is 3.98. The third kappa shape index (κ3) is 2.85. The van der Waals surface area contributed by atoms with Gasteiger partial charge in [0.1, 0.15) is 11.6 Å². The Balaban J connectivity index is 2.29. The number of hydrogen-bond donors (Lipinski definition) is 2. The largest absolute Gasteiger partial charge is 0.329 e. The second-order valence-electron chi connectivity index (χ2n) is 3.98. The van der Waals surface area contributed by atoms with E-state index in [9.17, 15) is 18.4 Å². The van der Waals surface area contributed by atoms with Crippen LogP contribution in [0.15, 0.2) is 35.3 Å². The first-order valence-corrected chi connectivity index (χ1v) is 5.43. The van der Waals surface area contributed by atoms with Gasteiger partial charge in [0, 0.05) is 23.9 Å². The maximum Gasteiger partial charge on any atom is 0.255 e. The molecule has 6 heteroatoms. The minimum absolute atomic E-state index is 0.0594. The normalized spacial score (nSPS) is 10.3. The van der Waals surface area contributed by atoms with E-state index in [0.717, 1.165) is 18.2 Å². The molecule has 0 spiro atoms. The van der Waals surface area contributed by atoms with Gasteiger partial charge in [0.2, 0.25) is 5.56 Å². The van der Waals surface area contributed by atoms with Crippen LogP contribution in [-0.2, 0) is 0 Å². The molecule has 0 fully saturated rings. The third-order valence-corrected chi connectivity index (χ3v) is 2.53. The van der Waals surface area contributed by atoms with Gasteiger partial charge in [-0.25, -0.2) is 8.78 Å². The zero-order valence-electron chi connectivity index (χ0n) is 9.96. The van der Waals surface area contributed by atoms with E-state index >= 15 is 0 Å². The van der Waals surface area contributed by atoms with Crippen LogP contribution in [-0.4, -0.2) is 10.9 Å². The fourth-order valence-corrected chi connectivity index (χ4v) is 1.52. The van der Waals surface area contributed by atoms with Crippen LogP contribution in [0.5, 0.6) is 0 Å². The molecule has 2 N–H and O–H groups in total. The molecule has 19 heavy (non-hydrogen) atoms. The molecule has 1 heterocycles. The van der Waals surface area contributed by atoms with E-state index in [-0.39, 0.29) is 16.8 Å². The van der Waals surface area contributed by atoms with Crippen LogP contribution in [0, 0.1) is 18.6 Å². The van der Waals surface area contributed by atoms with E-state index in [1.807, 2.05) is 0 Å². The number of anilines is 1. The molecule has 0 saturated carbocycles. The van der Waals surface area contributed by atoms with Crippen LogP contribution in [0.3, 0.4) is 0 Å². The van der Waals surface area contributed by atoms with Crippen molar-refractivity contribution < 1.29 is 13.6 Å². The summed E-state index contributed by atoms with van der Waals surface area (Å²) in [6, 6.07) is 4.31. The van der Waals surface area contributed by atoms with E-state index < -0.39 is 23.1 Å². The van der Waals surface area contributed by atoms with Crippen LogP contribution in [0.2, 0.25) is 0 Å². The Hall–Kier alpha value is -2.50. The van der Waals surface area contributed by atoms with Crippen molar-refractivity contribution in [1.29, 1.82) is 0 Å². The first-order chi connectivity index (χ1) is 8.97. The van der Waals surface area contributed by atoms with Gasteiger partial charge in [-0.3, -0.25) is 9.59 Å². The topological polar surface area (TPSA) is 62.0 Å². The number of hydrogen-bond acceptors (Lipinski definition) is 2. The molecule has 4 nitrogen and oxygen atoms in total. The summed E-state index contributed by atoms with van der Waals surface area (Å²) in [6.07, 6.45) is 1.29. The Bertz CT molecular complexity index is 695. The Labute approximate surface area is 107 Å². The number of H-pyrrole nitrogens is 1. The Morgan fingerprint density at radius 2 is 1.95 bits per heavy atom. The highest BCUT2D eigenvalue weighted by Gasteiger charge is 2.12. The number of aromatic amines is 1. The summed E-state index contributed by atoms with van der Waals surface area (Å²) in [5.41, 5.74) is -0.521. The van der Waals surface area contributed by atoms with E-state index in [1.54, 1.807) is 0 Å². The van der Waals surface area contributed by atoms with Crippen molar-refractivity contribution in [1.82, 2.24) is 4.98 Å². The van der Waals surface area contributed by atoms with E-state index in [0.29, 0.717) is 0 Å². The van der Waals surface area contributed by atoms with Gasteiger partial charge in [0.25, 0.3) is 5.91 Å². The monoisotopic (exact) mass is 264 g/mol. The molecule has 0 aliphatic carbocycles. The molecule has 0 saturated heterocycles. The summed E-state index contributed by atoms with van der Waals surface area (Å²) in [4.78, 5) is 25.2. The van der Waals surface area contributed by atoms with Gasteiger partial charge < -0.3 is 10.3 Å². The zero-order chi connectivity index (χ0) is 14.0. The van der Waals surface area contributed by atoms with E-state index in [1.165, 1.54) is 19.2 Å². The molecule has 1 aromatic heterocycles. The summed E-state index contributed by atoms with van der Waals surface area (Å²) >= 11 is 0. The molecule has 2 rings (SSSR count). The van der Waals surface area contributed by atoms with Crippen molar-refractivity contribution in [2.75, 3.05) is 5.32 Å². The summed E-state index contributed by atoms with van der Waals surface area (Å²) in [5, 5.41) is 2.22. The van der Waals surface area contributed by atoms with Crippen molar-refractivity contribution in [3.05, 3.63) is 63.6 Å². The first kappa shape index (κ1) is 12.9. The van der Waals surface area contributed by atoms with Crippen LogP contribution >= 0.6 is 0 Å². The maximum absolute atomic E-state index is 13.5. The highest BCUT2D eigenvalue weighted by atomic mass is 19.1. The van der Waals surface area contributed by atoms with Gasteiger partial charge in [-0.2, -0.15) is 0 Å². The second kappa shape index (κ2) is 5.01. The van der Waals surface area contributed by atoms with Crippen LogP contribution in [0.4, 0.5) is 14.5 Å². The molecular weight excluding hydrogens is 254 g/mol. The number of aryl methyl sites for hydroxylation is 1. The van der Waals surface area contributed by atoms with Crippen molar-refractivity contribution >= 4 is 11.6 Å². The molecule has 0 atom stereocenters. The van der Waals surface area contributed by atoms with Crippen molar-refractivity contribution in [3.63, 3.8) is 0 Å². The molecule has 98 valence electrons. The summed E-state index contributed by atoms with van der Waals surface area (Å²) in [5.74, 6) is -2.05. The number of carbonyl (C=O) groups excluding carboxylic acids is 1. The lowest BCUT2D eigenvalue weighted by molar-refractivity contribution is 0.102. The van der Waals surface area contributed by atoms with Crippen LogP contribution in [0.1, 0.15) is 15.9 Å². The van der Waals surface area contributed by atoms with Gasteiger partial charge >= 0.3 is 0 Å². The number of halogens is 2. The average molecular weight is 264 g/mol. The Kier molecular flexibility index (Phi) is 3.41. The predicted molar refractivity (Wildman–Crippen MR) is 66.1 cm³/mol.